The Morgan fingerprint density at radius 2 is 1.70 bits per heavy atom. The van der Waals surface area contributed by atoms with Gasteiger partial charge in [-0.1, -0.05) is 40.2 Å². The Kier molecular flexibility index (Phi) is 8.45. The first-order valence-corrected chi connectivity index (χ1v) is 11.0. The lowest BCUT2D eigenvalue weighted by molar-refractivity contribution is -0.120. The topological polar surface area (TPSA) is 96.9 Å². The first-order valence-electron chi connectivity index (χ1n) is 9.45. The molecule has 3 aromatic carbocycles. The molecule has 3 aromatic rings. The highest BCUT2D eigenvalue weighted by Crippen LogP contribution is 2.32. The molecule has 0 spiro atoms. The van der Waals surface area contributed by atoms with Gasteiger partial charge in [0.2, 0.25) is 0 Å². The van der Waals surface area contributed by atoms with Crippen molar-refractivity contribution >= 4 is 55.9 Å². The minimum absolute atomic E-state index is 0.0927. The number of hydrazone groups is 1. The molecule has 0 atom stereocenters. The average Bonchev–Trinajstić information content (AvgIpc) is 2.80. The van der Waals surface area contributed by atoms with Crippen LogP contribution in [-0.2, 0) is 4.79 Å². The number of benzene rings is 3. The lowest BCUT2D eigenvalue weighted by Crippen LogP contribution is -2.34. The summed E-state index contributed by atoms with van der Waals surface area (Å²) in [6.45, 7) is -0.370. The van der Waals surface area contributed by atoms with Crippen molar-refractivity contribution in [3.8, 4) is 5.75 Å². The highest BCUT2D eigenvalue weighted by Gasteiger charge is 2.15. The molecule has 0 heterocycles. The largest absolute Gasteiger partial charge is 0.421 e. The average molecular weight is 577 g/mol. The zero-order chi connectivity index (χ0) is 23.8. The van der Waals surface area contributed by atoms with Gasteiger partial charge in [0.25, 0.3) is 11.8 Å². The van der Waals surface area contributed by atoms with E-state index >= 15 is 0 Å². The van der Waals surface area contributed by atoms with Gasteiger partial charge >= 0.3 is 5.97 Å². The van der Waals surface area contributed by atoms with Gasteiger partial charge in [-0.15, -0.1) is 0 Å². The van der Waals surface area contributed by atoms with Crippen molar-refractivity contribution in [1.82, 2.24) is 10.7 Å². The Hall–Kier alpha value is -3.37. The standard InChI is InChI=1S/C23H16Br2FN3O4/c24-17-9-16(21(19(25)11-17)33-23(32)14-5-2-1-3-6-14)12-28-29-20(30)13-27-22(31)15-7-4-8-18(26)10-15/h1-12H,13H2,(H,27,31)(H,29,30)/b28-12+. The maximum absolute atomic E-state index is 13.2. The molecule has 0 bridgehead atoms. The van der Waals surface area contributed by atoms with E-state index in [1.807, 2.05) is 0 Å². The number of carbonyl (C=O) groups is 3. The van der Waals surface area contributed by atoms with Crippen molar-refractivity contribution in [2.45, 2.75) is 0 Å². The van der Waals surface area contributed by atoms with Gasteiger partial charge < -0.3 is 10.1 Å². The van der Waals surface area contributed by atoms with E-state index in [-0.39, 0.29) is 17.9 Å². The Morgan fingerprint density at radius 3 is 2.42 bits per heavy atom. The third-order valence-electron chi connectivity index (χ3n) is 4.13. The van der Waals surface area contributed by atoms with Crippen LogP contribution in [0.5, 0.6) is 5.75 Å². The Morgan fingerprint density at radius 1 is 0.970 bits per heavy atom. The van der Waals surface area contributed by atoms with E-state index in [1.165, 1.54) is 24.4 Å². The molecular weight excluding hydrogens is 561 g/mol. The summed E-state index contributed by atoms with van der Waals surface area (Å²) in [4.78, 5) is 36.4. The smallest absolute Gasteiger partial charge is 0.343 e. The molecule has 3 rings (SSSR count). The molecule has 0 fully saturated rings. The molecule has 168 valence electrons. The molecule has 33 heavy (non-hydrogen) atoms. The lowest BCUT2D eigenvalue weighted by atomic mass is 10.2. The van der Waals surface area contributed by atoms with Gasteiger partial charge in [0.1, 0.15) is 5.82 Å². The van der Waals surface area contributed by atoms with Gasteiger partial charge in [0.15, 0.2) is 5.75 Å². The number of halogens is 3. The summed E-state index contributed by atoms with van der Waals surface area (Å²) in [5.41, 5.74) is 3.14. The molecule has 2 amide bonds. The number of ether oxygens (including phenoxy) is 1. The minimum atomic E-state index is -0.604. The van der Waals surface area contributed by atoms with E-state index in [0.717, 1.165) is 6.07 Å². The number of hydrogen-bond donors (Lipinski definition) is 2. The zero-order valence-electron chi connectivity index (χ0n) is 16.8. The van der Waals surface area contributed by atoms with Crippen LogP contribution in [0.15, 0.2) is 80.8 Å². The van der Waals surface area contributed by atoms with E-state index in [2.05, 4.69) is 47.7 Å². The van der Waals surface area contributed by atoms with Crippen molar-refractivity contribution in [1.29, 1.82) is 0 Å². The maximum Gasteiger partial charge on any atom is 0.343 e. The van der Waals surface area contributed by atoms with Crippen LogP contribution in [0, 0.1) is 5.82 Å². The van der Waals surface area contributed by atoms with Gasteiger partial charge in [0, 0.05) is 15.6 Å². The molecule has 0 aliphatic heterocycles. The second-order valence-electron chi connectivity index (χ2n) is 6.55. The number of hydrogen-bond acceptors (Lipinski definition) is 5. The van der Waals surface area contributed by atoms with E-state index in [0.29, 0.717) is 20.1 Å². The predicted octanol–water partition coefficient (Wildman–Crippen LogP) is 4.45. The van der Waals surface area contributed by atoms with E-state index < -0.39 is 23.6 Å². The lowest BCUT2D eigenvalue weighted by Gasteiger charge is -2.10. The predicted molar refractivity (Wildman–Crippen MR) is 128 cm³/mol. The van der Waals surface area contributed by atoms with Crippen LogP contribution in [0.3, 0.4) is 0 Å². The van der Waals surface area contributed by atoms with Crippen LogP contribution in [0.2, 0.25) is 0 Å². The van der Waals surface area contributed by atoms with Gasteiger partial charge in [-0.25, -0.2) is 14.6 Å². The van der Waals surface area contributed by atoms with Crippen molar-refractivity contribution in [2.75, 3.05) is 6.54 Å². The highest BCUT2D eigenvalue weighted by atomic mass is 79.9. The summed E-state index contributed by atoms with van der Waals surface area (Å²) in [5.74, 6) is -2.10. The Balaban J connectivity index is 1.63. The highest BCUT2D eigenvalue weighted by molar-refractivity contribution is 9.11. The van der Waals surface area contributed by atoms with Crippen LogP contribution in [0.4, 0.5) is 4.39 Å². The number of nitrogens with zero attached hydrogens (tertiary/aromatic N) is 1. The van der Waals surface area contributed by atoms with Gasteiger partial charge in [-0.3, -0.25) is 9.59 Å². The first-order chi connectivity index (χ1) is 15.8. The normalized spacial score (nSPS) is 10.6. The van der Waals surface area contributed by atoms with Crippen LogP contribution >= 0.6 is 31.9 Å². The van der Waals surface area contributed by atoms with Gasteiger partial charge in [-0.05, 0) is 58.4 Å². The summed E-state index contributed by atoms with van der Waals surface area (Å²) in [5, 5.41) is 6.23. The number of carbonyl (C=O) groups excluding carboxylic acids is 3. The Labute approximate surface area is 205 Å². The molecule has 10 heteroatoms. The molecule has 0 aliphatic carbocycles. The van der Waals surface area contributed by atoms with E-state index in [1.54, 1.807) is 42.5 Å². The molecule has 0 aromatic heterocycles. The van der Waals surface area contributed by atoms with Crippen LogP contribution in [0.1, 0.15) is 26.3 Å². The van der Waals surface area contributed by atoms with Crippen LogP contribution in [0.25, 0.3) is 0 Å². The summed E-state index contributed by atoms with van der Waals surface area (Å²) in [7, 11) is 0. The maximum atomic E-state index is 13.2. The van der Waals surface area contributed by atoms with Crippen LogP contribution < -0.4 is 15.5 Å². The van der Waals surface area contributed by atoms with E-state index in [4.69, 9.17) is 4.74 Å². The minimum Gasteiger partial charge on any atom is -0.421 e. The SMILES string of the molecule is O=C(CNC(=O)c1cccc(F)c1)N/N=C/c1cc(Br)cc(Br)c1OC(=O)c1ccccc1. The monoisotopic (exact) mass is 575 g/mol. The quantitative estimate of drug-likeness (QED) is 0.188. The summed E-state index contributed by atoms with van der Waals surface area (Å²) in [6.07, 6.45) is 1.30. The van der Waals surface area contributed by atoms with Gasteiger partial charge in [-0.2, -0.15) is 5.10 Å². The van der Waals surface area contributed by atoms with Crippen molar-refractivity contribution in [3.63, 3.8) is 0 Å². The van der Waals surface area contributed by atoms with Crippen molar-refractivity contribution < 1.29 is 23.5 Å². The second-order valence-corrected chi connectivity index (χ2v) is 8.32. The number of esters is 1. The Bertz CT molecular complexity index is 1220. The van der Waals surface area contributed by atoms with Crippen LogP contribution in [-0.4, -0.2) is 30.5 Å². The molecular formula is C23H16Br2FN3O4. The molecule has 2 N–H and O–H groups in total. The molecule has 0 saturated heterocycles. The molecule has 0 aliphatic rings. The van der Waals surface area contributed by atoms with E-state index in [9.17, 15) is 18.8 Å². The zero-order valence-corrected chi connectivity index (χ0v) is 20.0. The fraction of sp³-hybridized carbons (Fsp3) is 0.0435. The second kappa shape index (κ2) is 11.5. The van der Waals surface area contributed by atoms with Crippen molar-refractivity contribution in [2.24, 2.45) is 5.10 Å². The first kappa shape index (κ1) is 24.3. The van der Waals surface area contributed by atoms with Crippen molar-refractivity contribution in [3.05, 3.63) is 98.2 Å². The molecule has 0 radical (unpaired) electrons. The summed E-state index contributed by atoms with van der Waals surface area (Å²) in [6, 6.07) is 16.9. The fourth-order valence-corrected chi connectivity index (χ4v) is 3.95. The third-order valence-corrected chi connectivity index (χ3v) is 5.18. The fourth-order valence-electron chi connectivity index (χ4n) is 2.62. The van der Waals surface area contributed by atoms with Gasteiger partial charge in [0.05, 0.1) is 22.8 Å². The molecule has 0 saturated carbocycles. The third kappa shape index (κ3) is 7.06. The summed E-state index contributed by atoms with van der Waals surface area (Å²) >= 11 is 6.71. The summed E-state index contributed by atoms with van der Waals surface area (Å²) < 4.78 is 19.9. The number of rotatable bonds is 7. The number of nitrogens with one attached hydrogen (secondary N) is 2. The molecule has 7 nitrogen and oxygen atoms in total. The number of amides is 2. The molecule has 0 unspecified atom stereocenters.